The molecule has 2 atom stereocenters. The third kappa shape index (κ3) is 3.44. The summed E-state index contributed by atoms with van der Waals surface area (Å²) in [6.45, 7) is 3.43. The summed E-state index contributed by atoms with van der Waals surface area (Å²) in [7, 11) is 0. The molecule has 0 bridgehead atoms. The number of hydrogen-bond acceptors (Lipinski definition) is 3. The Kier molecular flexibility index (Phi) is 4.42. The molecule has 15 heavy (non-hydrogen) atoms. The Balaban J connectivity index is 1.67. The van der Waals surface area contributed by atoms with Gasteiger partial charge in [0.25, 0.3) is 0 Å². The van der Waals surface area contributed by atoms with Gasteiger partial charge in [-0.2, -0.15) is 0 Å². The van der Waals surface area contributed by atoms with Gasteiger partial charge < -0.3 is 15.7 Å². The second kappa shape index (κ2) is 5.83. The van der Waals surface area contributed by atoms with Crippen molar-refractivity contribution >= 4 is 0 Å². The summed E-state index contributed by atoms with van der Waals surface area (Å²) in [5, 5.41) is 16.8. The minimum atomic E-state index is -0.0968. The van der Waals surface area contributed by atoms with E-state index in [1.165, 1.54) is 38.8 Å². The van der Waals surface area contributed by atoms with E-state index in [1.54, 1.807) is 0 Å². The number of rotatable bonds is 3. The average molecular weight is 212 g/mol. The Morgan fingerprint density at radius 1 is 1.07 bits per heavy atom. The predicted molar refractivity (Wildman–Crippen MR) is 61.9 cm³/mol. The van der Waals surface area contributed by atoms with Crippen LogP contribution in [0.1, 0.15) is 38.5 Å². The fourth-order valence-electron chi connectivity index (χ4n) is 2.75. The molecule has 2 unspecified atom stereocenters. The highest BCUT2D eigenvalue weighted by Gasteiger charge is 2.23. The third-order valence-corrected chi connectivity index (χ3v) is 3.86. The number of nitrogens with one attached hydrogen (secondary N) is 2. The summed E-state index contributed by atoms with van der Waals surface area (Å²) in [6.07, 6.45) is 7.11. The van der Waals surface area contributed by atoms with Gasteiger partial charge in [-0.05, 0) is 51.2 Å². The molecular formula is C12H24N2O. The first-order chi connectivity index (χ1) is 7.36. The lowest BCUT2D eigenvalue weighted by Gasteiger charge is -2.31. The van der Waals surface area contributed by atoms with E-state index in [4.69, 9.17) is 0 Å². The van der Waals surface area contributed by atoms with Crippen LogP contribution in [0.2, 0.25) is 0 Å². The standard InChI is InChI=1S/C12H24N2O/c15-12-4-2-1-3-11(12)14-9-10-5-7-13-8-6-10/h10-15H,1-9H2. The molecule has 1 aliphatic heterocycles. The van der Waals surface area contributed by atoms with Crippen molar-refractivity contribution in [2.24, 2.45) is 5.92 Å². The minimum absolute atomic E-state index is 0.0968. The van der Waals surface area contributed by atoms with Gasteiger partial charge >= 0.3 is 0 Å². The second-order valence-electron chi connectivity index (χ2n) is 5.06. The van der Waals surface area contributed by atoms with Crippen LogP contribution in [0.15, 0.2) is 0 Å². The maximum absolute atomic E-state index is 9.82. The largest absolute Gasteiger partial charge is 0.392 e. The van der Waals surface area contributed by atoms with Gasteiger partial charge in [-0.25, -0.2) is 0 Å². The van der Waals surface area contributed by atoms with E-state index >= 15 is 0 Å². The van der Waals surface area contributed by atoms with Crippen molar-refractivity contribution in [1.29, 1.82) is 0 Å². The highest BCUT2D eigenvalue weighted by molar-refractivity contribution is 4.82. The van der Waals surface area contributed by atoms with Crippen LogP contribution in [0.3, 0.4) is 0 Å². The van der Waals surface area contributed by atoms with E-state index in [0.717, 1.165) is 25.3 Å². The van der Waals surface area contributed by atoms with E-state index in [-0.39, 0.29) is 6.10 Å². The Morgan fingerprint density at radius 2 is 1.80 bits per heavy atom. The van der Waals surface area contributed by atoms with Crippen molar-refractivity contribution in [3.8, 4) is 0 Å². The van der Waals surface area contributed by atoms with Crippen LogP contribution in [-0.4, -0.2) is 36.9 Å². The van der Waals surface area contributed by atoms with Crippen LogP contribution < -0.4 is 10.6 Å². The zero-order chi connectivity index (χ0) is 10.5. The van der Waals surface area contributed by atoms with Crippen LogP contribution in [0.25, 0.3) is 0 Å². The molecule has 3 heteroatoms. The molecule has 3 N–H and O–H groups in total. The molecule has 2 rings (SSSR count). The van der Waals surface area contributed by atoms with Gasteiger partial charge in [-0.3, -0.25) is 0 Å². The molecule has 88 valence electrons. The Bertz CT molecular complexity index is 180. The maximum atomic E-state index is 9.82. The topological polar surface area (TPSA) is 44.3 Å². The summed E-state index contributed by atoms with van der Waals surface area (Å²) in [4.78, 5) is 0. The average Bonchev–Trinajstić information content (AvgIpc) is 2.29. The molecule has 0 aromatic heterocycles. The van der Waals surface area contributed by atoms with E-state index in [2.05, 4.69) is 10.6 Å². The zero-order valence-electron chi connectivity index (χ0n) is 9.54. The molecule has 2 fully saturated rings. The molecule has 0 aromatic rings. The molecule has 0 aromatic carbocycles. The summed E-state index contributed by atoms with van der Waals surface area (Å²) in [6, 6.07) is 0.369. The Labute approximate surface area is 92.6 Å². The number of aliphatic hydroxyl groups excluding tert-OH is 1. The lowest BCUT2D eigenvalue weighted by molar-refractivity contribution is 0.0879. The molecule has 0 amide bonds. The molecule has 3 nitrogen and oxygen atoms in total. The summed E-state index contributed by atoms with van der Waals surface area (Å²) in [5.74, 6) is 0.820. The van der Waals surface area contributed by atoms with Crippen LogP contribution in [0.4, 0.5) is 0 Å². The lowest BCUT2D eigenvalue weighted by atomic mass is 9.91. The van der Waals surface area contributed by atoms with Gasteiger partial charge in [0, 0.05) is 6.04 Å². The van der Waals surface area contributed by atoms with Gasteiger partial charge in [-0.1, -0.05) is 12.8 Å². The van der Waals surface area contributed by atoms with Crippen LogP contribution in [0.5, 0.6) is 0 Å². The van der Waals surface area contributed by atoms with Crippen molar-refractivity contribution in [2.45, 2.75) is 50.7 Å². The molecular weight excluding hydrogens is 188 g/mol. The lowest BCUT2D eigenvalue weighted by Crippen LogP contribution is -2.45. The van der Waals surface area contributed by atoms with Gasteiger partial charge in [-0.15, -0.1) is 0 Å². The molecule has 2 aliphatic rings. The first-order valence-electron chi connectivity index (χ1n) is 6.48. The van der Waals surface area contributed by atoms with Crippen molar-refractivity contribution in [3.63, 3.8) is 0 Å². The first-order valence-corrected chi connectivity index (χ1v) is 6.48. The quantitative estimate of drug-likeness (QED) is 0.651. The van der Waals surface area contributed by atoms with E-state index in [9.17, 15) is 5.11 Å². The smallest absolute Gasteiger partial charge is 0.0693 e. The van der Waals surface area contributed by atoms with Crippen LogP contribution in [-0.2, 0) is 0 Å². The monoisotopic (exact) mass is 212 g/mol. The molecule has 1 heterocycles. The van der Waals surface area contributed by atoms with Crippen molar-refractivity contribution < 1.29 is 5.11 Å². The first kappa shape index (κ1) is 11.4. The van der Waals surface area contributed by atoms with Crippen molar-refractivity contribution in [2.75, 3.05) is 19.6 Å². The van der Waals surface area contributed by atoms with Crippen LogP contribution in [0, 0.1) is 5.92 Å². The third-order valence-electron chi connectivity index (χ3n) is 3.86. The van der Waals surface area contributed by atoms with E-state index in [0.29, 0.717) is 6.04 Å². The molecule has 0 spiro atoms. The van der Waals surface area contributed by atoms with Gasteiger partial charge in [0.15, 0.2) is 0 Å². The Morgan fingerprint density at radius 3 is 2.53 bits per heavy atom. The highest BCUT2D eigenvalue weighted by atomic mass is 16.3. The summed E-state index contributed by atoms with van der Waals surface area (Å²) in [5.41, 5.74) is 0. The molecule has 1 aliphatic carbocycles. The highest BCUT2D eigenvalue weighted by Crippen LogP contribution is 2.19. The van der Waals surface area contributed by atoms with Gasteiger partial charge in [0.05, 0.1) is 6.10 Å². The zero-order valence-corrected chi connectivity index (χ0v) is 9.54. The van der Waals surface area contributed by atoms with Gasteiger partial charge in [0.2, 0.25) is 0 Å². The van der Waals surface area contributed by atoms with E-state index in [1.807, 2.05) is 0 Å². The number of piperidine rings is 1. The fourth-order valence-corrected chi connectivity index (χ4v) is 2.75. The van der Waals surface area contributed by atoms with Crippen LogP contribution >= 0.6 is 0 Å². The van der Waals surface area contributed by atoms with Crippen molar-refractivity contribution in [1.82, 2.24) is 10.6 Å². The van der Waals surface area contributed by atoms with Gasteiger partial charge in [0.1, 0.15) is 0 Å². The van der Waals surface area contributed by atoms with E-state index < -0.39 is 0 Å². The Hall–Kier alpha value is -0.120. The molecule has 0 radical (unpaired) electrons. The number of aliphatic hydroxyl groups is 1. The summed E-state index contributed by atoms with van der Waals surface area (Å²) >= 11 is 0. The molecule has 1 saturated carbocycles. The van der Waals surface area contributed by atoms with Crippen molar-refractivity contribution in [3.05, 3.63) is 0 Å². The normalized spacial score (nSPS) is 34.2. The molecule has 1 saturated heterocycles. The fraction of sp³-hybridized carbons (Fsp3) is 1.00. The minimum Gasteiger partial charge on any atom is -0.392 e. The number of hydrogen-bond donors (Lipinski definition) is 3. The SMILES string of the molecule is OC1CCCCC1NCC1CCNCC1. The maximum Gasteiger partial charge on any atom is 0.0693 e. The summed E-state index contributed by atoms with van der Waals surface area (Å²) < 4.78 is 0. The predicted octanol–water partition coefficient (Wildman–Crippen LogP) is 0.879. The second-order valence-corrected chi connectivity index (χ2v) is 5.06.